The molecule has 0 aliphatic heterocycles. The van der Waals surface area contributed by atoms with Crippen LogP contribution in [0, 0.1) is 0 Å². The van der Waals surface area contributed by atoms with Gasteiger partial charge in [-0.05, 0) is 24.1 Å². The number of amides is 5. The second-order valence-corrected chi connectivity index (χ2v) is 7.39. The van der Waals surface area contributed by atoms with E-state index in [0.717, 1.165) is 0 Å². The molecular weight excluding hydrogens is 452 g/mol. The van der Waals surface area contributed by atoms with Gasteiger partial charge in [0.05, 0.1) is 19.0 Å². The molecule has 0 aromatic heterocycles. The minimum Gasteiger partial charge on any atom is -0.508 e. The van der Waals surface area contributed by atoms with Crippen molar-refractivity contribution in [1.29, 1.82) is 0 Å². The van der Waals surface area contributed by atoms with Crippen molar-refractivity contribution in [2.75, 3.05) is 6.54 Å². The van der Waals surface area contributed by atoms with Gasteiger partial charge in [0.25, 0.3) is 0 Å². The molecule has 1 rings (SSSR count). The van der Waals surface area contributed by atoms with Gasteiger partial charge in [-0.3, -0.25) is 24.0 Å². The number of nitrogens with two attached hydrogens (primary N) is 3. The predicted molar refractivity (Wildman–Crippen MR) is 117 cm³/mol. The highest BCUT2D eigenvalue weighted by atomic mass is 16.4. The van der Waals surface area contributed by atoms with Gasteiger partial charge in [-0.15, -0.1) is 0 Å². The zero-order chi connectivity index (χ0) is 25.8. The van der Waals surface area contributed by atoms with Crippen molar-refractivity contribution in [1.82, 2.24) is 16.0 Å². The van der Waals surface area contributed by atoms with Crippen molar-refractivity contribution >= 4 is 35.5 Å². The first-order valence-electron chi connectivity index (χ1n) is 10.1. The number of phenols is 1. The Morgan fingerprint density at radius 3 is 2.03 bits per heavy atom. The maximum atomic E-state index is 12.7. The Morgan fingerprint density at radius 2 is 1.50 bits per heavy atom. The van der Waals surface area contributed by atoms with Crippen LogP contribution >= 0.6 is 0 Å². The summed E-state index contributed by atoms with van der Waals surface area (Å²) in [5, 5.41) is 25.4. The van der Waals surface area contributed by atoms with Crippen LogP contribution in [0.5, 0.6) is 5.75 Å². The highest BCUT2D eigenvalue weighted by Crippen LogP contribution is 2.12. The van der Waals surface area contributed by atoms with E-state index in [0.29, 0.717) is 5.56 Å². The Bertz CT molecular complexity index is 920. The lowest BCUT2D eigenvalue weighted by atomic mass is 10.0. The summed E-state index contributed by atoms with van der Waals surface area (Å²) in [6, 6.07) is 1.68. The monoisotopic (exact) mass is 480 g/mol. The van der Waals surface area contributed by atoms with E-state index in [1.165, 1.54) is 24.3 Å². The van der Waals surface area contributed by atoms with E-state index in [1.807, 2.05) is 0 Å². The minimum absolute atomic E-state index is 0.0227. The molecule has 0 saturated heterocycles. The molecule has 0 heterocycles. The molecule has 3 atom stereocenters. The first-order chi connectivity index (χ1) is 15.9. The summed E-state index contributed by atoms with van der Waals surface area (Å²) >= 11 is 0. The smallest absolute Gasteiger partial charge is 0.326 e. The summed E-state index contributed by atoms with van der Waals surface area (Å²) in [5.74, 6) is -5.56. The Balaban J connectivity index is 2.86. The topological polar surface area (TPSA) is 257 Å². The average molecular weight is 480 g/mol. The van der Waals surface area contributed by atoms with Crippen LogP contribution in [0.2, 0.25) is 0 Å². The van der Waals surface area contributed by atoms with E-state index < -0.39 is 66.6 Å². The molecule has 0 bridgehead atoms. The summed E-state index contributed by atoms with van der Waals surface area (Å²) < 4.78 is 0. The number of hydrogen-bond acceptors (Lipinski definition) is 8. The number of aliphatic carboxylic acids is 1. The number of primary amides is 2. The standard InChI is InChI=1S/C20H28N6O8/c21-12(5-6-15(22)28)18(31)24-9-17(30)25-13(7-10-1-3-11(27)4-2-10)19(32)26-14(20(33)34)8-16(23)29/h1-4,12-14,27H,5-9,21H2,(H2,22,28)(H2,23,29)(H,24,31)(H,25,30)(H,26,32)(H,33,34). The van der Waals surface area contributed by atoms with E-state index in [4.69, 9.17) is 17.2 Å². The van der Waals surface area contributed by atoms with Crippen LogP contribution in [0.25, 0.3) is 0 Å². The van der Waals surface area contributed by atoms with Crippen LogP contribution in [-0.4, -0.2) is 70.4 Å². The zero-order valence-electron chi connectivity index (χ0n) is 18.2. The largest absolute Gasteiger partial charge is 0.508 e. The lowest BCUT2D eigenvalue weighted by Crippen LogP contribution is -2.55. The molecule has 0 fully saturated rings. The summed E-state index contributed by atoms with van der Waals surface area (Å²) in [5.41, 5.74) is 16.1. The summed E-state index contributed by atoms with van der Waals surface area (Å²) in [6.07, 6.45) is -0.913. The van der Waals surface area contributed by atoms with Gasteiger partial charge in [-0.2, -0.15) is 0 Å². The second-order valence-electron chi connectivity index (χ2n) is 7.39. The first kappa shape index (κ1) is 27.8. The molecule has 1 aromatic carbocycles. The van der Waals surface area contributed by atoms with Gasteiger partial charge in [-0.25, -0.2) is 4.79 Å². The third-order valence-corrected chi connectivity index (χ3v) is 4.51. The van der Waals surface area contributed by atoms with Gasteiger partial charge < -0.3 is 43.4 Å². The number of carbonyl (C=O) groups excluding carboxylic acids is 5. The zero-order valence-corrected chi connectivity index (χ0v) is 18.2. The van der Waals surface area contributed by atoms with Crippen molar-refractivity contribution in [3.05, 3.63) is 29.8 Å². The molecular formula is C20H28N6O8. The molecule has 14 nitrogen and oxygen atoms in total. The Kier molecular flexibility index (Phi) is 10.9. The molecule has 1 aromatic rings. The third-order valence-electron chi connectivity index (χ3n) is 4.51. The van der Waals surface area contributed by atoms with Gasteiger partial charge in [0.15, 0.2) is 0 Å². The predicted octanol–water partition coefficient (Wildman–Crippen LogP) is -3.43. The van der Waals surface area contributed by atoms with Crippen LogP contribution in [0.4, 0.5) is 0 Å². The number of carbonyl (C=O) groups is 6. The fourth-order valence-electron chi connectivity index (χ4n) is 2.72. The number of hydrogen-bond donors (Lipinski definition) is 8. The first-order valence-corrected chi connectivity index (χ1v) is 10.1. The SMILES string of the molecule is NC(=O)CCC(N)C(=O)NCC(=O)NC(Cc1ccc(O)cc1)C(=O)NC(CC(N)=O)C(=O)O. The van der Waals surface area contributed by atoms with Crippen molar-refractivity contribution in [3.8, 4) is 5.75 Å². The fraction of sp³-hybridized carbons (Fsp3) is 0.400. The second kappa shape index (κ2) is 13.4. The molecule has 34 heavy (non-hydrogen) atoms. The normalized spacial score (nSPS) is 13.1. The van der Waals surface area contributed by atoms with Crippen molar-refractivity contribution < 1.29 is 39.0 Å². The number of carboxylic acids is 1. The highest BCUT2D eigenvalue weighted by molar-refractivity contribution is 5.93. The van der Waals surface area contributed by atoms with E-state index in [2.05, 4.69) is 16.0 Å². The van der Waals surface area contributed by atoms with Crippen LogP contribution in [0.15, 0.2) is 24.3 Å². The molecule has 0 spiro atoms. The molecule has 0 saturated carbocycles. The van der Waals surface area contributed by atoms with E-state index in [-0.39, 0.29) is 25.0 Å². The molecule has 186 valence electrons. The average Bonchev–Trinajstić information content (AvgIpc) is 2.75. The fourth-order valence-corrected chi connectivity index (χ4v) is 2.72. The quantitative estimate of drug-likeness (QED) is 0.132. The van der Waals surface area contributed by atoms with E-state index in [9.17, 15) is 39.0 Å². The summed E-state index contributed by atoms with van der Waals surface area (Å²) in [4.78, 5) is 70.2. The Labute approximate surface area is 194 Å². The molecule has 14 heteroatoms. The van der Waals surface area contributed by atoms with E-state index >= 15 is 0 Å². The number of aromatic hydroxyl groups is 1. The van der Waals surface area contributed by atoms with Gasteiger partial charge in [0.2, 0.25) is 29.5 Å². The minimum atomic E-state index is -1.62. The summed E-state index contributed by atoms with van der Waals surface area (Å²) in [7, 11) is 0. The number of rotatable bonds is 14. The maximum Gasteiger partial charge on any atom is 0.326 e. The van der Waals surface area contributed by atoms with Gasteiger partial charge >= 0.3 is 5.97 Å². The lowest BCUT2D eigenvalue weighted by Gasteiger charge is -2.21. The van der Waals surface area contributed by atoms with E-state index in [1.54, 1.807) is 0 Å². The van der Waals surface area contributed by atoms with Gasteiger partial charge in [0.1, 0.15) is 17.8 Å². The highest BCUT2D eigenvalue weighted by Gasteiger charge is 2.28. The van der Waals surface area contributed by atoms with Crippen LogP contribution in [-0.2, 0) is 35.2 Å². The van der Waals surface area contributed by atoms with Crippen molar-refractivity contribution in [2.24, 2.45) is 17.2 Å². The molecule has 11 N–H and O–H groups in total. The Morgan fingerprint density at radius 1 is 0.882 bits per heavy atom. The Hall–Kier alpha value is -4.20. The maximum absolute atomic E-state index is 12.7. The van der Waals surface area contributed by atoms with Crippen LogP contribution in [0.1, 0.15) is 24.8 Å². The molecule has 0 aliphatic rings. The molecule has 0 aliphatic carbocycles. The molecule has 3 unspecified atom stereocenters. The van der Waals surface area contributed by atoms with Crippen molar-refractivity contribution in [3.63, 3.8) is 0 Å². The number of benzene rings is 1. The lowest BCUT2D eigenvalue weighted by molar-refractivity contribution is -0.143. The summed E-state index contributed by atoms with van der Waals surface area (Å²) in [6.45, 7) is -0.563. The number of carboxylic acid groups (broad SMARTS) is 1. The van der Waals surface area contributed by atoms with Crippen LogP contribution < -0.4 is 33.2 Å². The van der Waals surface area contributed by atoms with Gasteiger partial charge in [-0.1, -0.05) is 12.1 Å². The van der Waals surface area contributed by atoms with Gasteiger partial charge in [0, 0.05) is 12.8 Å². The number of nitrogens with one attached hydrogen (secondary N) is 3. The molecule has 0 radical (unpaired) electrons. The third kappa shape index (κ3) is 10.4. The van der Waals surface area contributed by atoms with Crippen molar-refractivity contribution in [2.45, 2.75) is 43.8 Å². The molecule has 5 amide bonds. The van der Waals surface area contributed by atoms with Crippen LogP contribution in [0.3, 0.4) is 0 Å². The number of phenolic OH excluding ortho intramolecular Hbond substituents is 1.